The highest BCUT2D eigenvalue weighted by molar-refractivity contribution is 6.23. The quantitative estimate of drug-likeness (QED) is 0.172. The summed E-state index contributed by atoms with van der Waals surface area (Å²) in [6, 6.07) is 67.4. The number of aromatic nitrogens is 4. The fourth-order valence-corrected chi connectivity index (χ4v) is 7.92. The highest BCUT2D eigenvalue weighted by atomic mass is 16.3. The average Bonchev–Trinajstić information content (AvgIpc) is 3.83. The van der Waals surface area contributed by atoms with Crippen LogP contribution in [0.25, 0.3) is 106 Å². The molecule has 0 aliphatic heterocycles. The maximum Gasteiger partial charge on any atom is 0.164 e. The van der Waals surface area contributed by atoms with Crippen LogP contribution >= 0.6 is 0 Å². The molecular formula is C51H32N4O. The van der Waals surface area contributed by atoms with Crippen molar-refractivity contribution in [1.82, 2.24) is 19.5 Å². The second kappa shape index (κ2) is 13.0. The van der Waals surface area contributed by atoms with E-state index in [9.17, 15) is 0 Å². The smallest absolute Gasteiger partial charge is 0.164 e. The lowest BCUT2D eigenvalue weighted by molar-refractivity contribution is 0.673. The highest BCUT2D eigenvalue weighted by Crippen LogP contribution is 2.40. The van der Waals surface area contributed by atoms with Gasteiger partial charge in [0, 0.05) is 38.5 Å². The van der Waals surface area contributed by atoms with Crippen molar-refractivity contribution in [3.8, 4) is 62.1 Å². The molecule has 0 atom stereocenters. The summed E-state index contributed by atoms with van der Waals surface area (Å²) in [5, 5.41) is 4.52. The van der Waals surface area contributed by atoms with Crippen molar-refractivity contribution in [2.24, 2.45) is 0 Å². The van der Waals surface area contributed by atoms with Crippen molar-refractivity contribution in [2.45, 2.75) is 0 Å². The van der Waals surface area contributed by atoms with E-state index in [0.29, 0.717) is 17.5 Å². The lowest BCUT2D eigenvalue weighted by atomic mass is 9.99. The summed E-state index contributed by atoms with van der Waals surface area (Å²) in [6.07, 6.45) is 0. The fourth-order valence-electron chi connectivity index (χ4n) is 7.92. The Balaban J connectivity index is 0.975. The Labute approximate surface area is 322 Å². The van der Waals surface area contributed by atoms with E-state index in [-0.39, 0.29) is 0 Å². The van der Waals surface area contributed by atoms with Crippen molar-refractivity contribution in [3.05, 3.63) is 194 Å². The summed E-state index contributed by atoms with van der Waals surface area (Å²) in [7, 11) is 0. The van der Waals surface area contributed by atoms with Crippen molar-refractivity contribution in [3.63, 3.8) is 0 Å². The lowest BCUT2D eigenvalue weighted by Crippen LogP contribution is -2.00. The molecule has 3 aromatic heterocycles. The van der Waals surface area contributed by atoms with Gasteiger partial charge in [0.2, 0.25) is 0 Å². The van der Waals surface area contributed by atoms with Gasteiger partial charge >= 0.3 is 0 Å². The van der Waals surface area contributed by atoms with E-state index in [1.54, 1.807) is 0 Å². The molecule has 56 heavy (non-hydrogen) atoms. The summed E-state index contributed by atoms with van der Waals surface area (Å²) in [5.74, 6) is 1.88. The SMILES string of the molecule is c1ccc(-c2ccc(-c3ccc(-c4nc(-c5ccccc5)nc(-c5ccc(-n6c7ccccc7c7c8oc9ccccc9c8ccc76)cc5)n4)cc3)cc2)cc1. The topological polar surface area (TPSA) is 56.7 Å². The molecular weight excluding hydrogens is 685 g/mol. The van der Waals surface area contributed by atoms with Gasteiger partial charge < -0.3 is 8.98 Å². The van der Waals surface area contributed by atoms with Crippen molar-refractivity contribution >= 4 is 43.7 Å². The van der Waals surface area contributed by atoms with Crippen molar-refractivity contribution in [1.29, 1.82) is 0 Å². The normalized spacial score (nSPS) is 11.6. The van der Waals surface area contributed by atoms with Gasteiger partial charge in [-0.05, 0) is 70.8 Å². The van der Waals surface area contributed by atoms with Crippen LogP contribution in [0.5, 0.6) is 0 Å². The number of hydrogen-bond donors (Lipinski definition) is 0. The first-order valence-corrected chi connectivity index (χ1v) is 18.8. The minimum Gasteiger partial charge on any atom is -0.455 e. The monoisotopic (exact) mass is 716 g/mol. The molecule has 3 heterocycles. The maximum atomic E-state index is 6.51. The van der Waals surface area contributed by atoms with Gasteiger partial charge in [-0.15, -0.1) is 0 Å². The van der Waals surface area contributed by atoms with E-state index in [1.807, 2.05) is 48.5 Å². The van der Waals surface area contributed by atoms with Crippen molar-refractivity contribution < 1.29 is 4.42 Å². The van der Waals surface area contributed by atoms with Crippen LogP contribution in [-0.2, 0) is 0 Å². The minimum absolute atomic E-state index is 0.618. The Morgan fingerprint density at radius 1 is 0.321 bits per heavy atom. The van der Waals surface area contributed by atoms with E-state index in [0.717, 1.165) is 77.2 Å². The van der Waals surface area contributed by atoms with Gasteiger partial charge in [-0.3, -0.25) is 0 Å². The molecule has 0 saturated heterocycles. The van der Waals surface area contributed by atoms with E-state index in [1.165, 1.54) is 11.1 Å². The molecule has 0 saturated carbocycles. The van der Waals surface area contributed by atoms with Gasteiger partial charge in [0.25, 0.3) is 0 Å². The number of fused-ring (bicyclic) bond motifs is 7. The van der Waals surface area contributed by atoms with Crippen LogP contribution < -0.4 is 0 Å². The van der Waals surface area contributed by atoms with Gasteiger partial charge in [-0.1, -0.05) is 146 Å². The van der Waals surface area contributed by atoms with Crippen LogP contribution in [0.15, 0.2) is 199 Å². The molecule has 0 fully saturated rings. The average molecular weight is 717 g/mol. The second-order valence-electron chi connectivity index (χ2n) is 14.0. The first kappa shape index (κ1) is 31.9. The number of rotatable bonds is 6. The molecule has 5 heteroatoms. The number of benzene rings is 8. The van der Waals surface area contributed by atoms with Gasteiger partial charge in [0.05, 0.1) is 16.4 Å². The Hall–Kier alpha value is -7.63. The van der Waals surface area contributed by atoms with Gasteiger partial charge in [0.1, 0.15) is 11.2 Å². The first-order chi connectivity index (χ1) is 27.7. The summed E-state index contributed by atoms with van der Waals surface area (Å²) in [5.41, 5.74) is 12.5. The Kier molecular flexibility index (Phi) is 7.42. The number of para-hydroxylation sites is 2. The third kappa shape index (κ3) is 5.37. The zero-order valence-corrected chi connectivity index (χ0v) is 30.2. The zero-order chi connectivity index (χ0) is 37.0. The lowest BCUT2D eigenvalue weighted by Gasteiger charge is -2.11. The standard InChI is InChI=1S/C51H32N4O/c1-3-11-33(12-4-1)34-19-21-35(22-20-34)36-23-25-38(26-24-36)50-52-49(37-13-5-2-6-14-37)53-51(54-50)39-27-29-40(30-28-39)55-44-17-9-7-16-43(44)47-45(55)32-31-42-41-15-8-10-18-46(41)56-48(42)47/h1-32H. The summed E-state index contributed by atoms with van der Waals surface area (Å²) >= 11 is 0. The molecule has 0 bridgehead atoms. The van der Waals surface area contributed by atoms with Crippen LogP contribution in [0.3, 0.4) is 0 Å². The zero-order valence-electron chi connectivity index (χ0n) is 30.2. The third-order valence-corrected chi connectivity index (χ3v) is 10.7. The molecule has 0 amide bonds. The Morgan fingerprint density at radius 3 is 1.38 bits per heavy atom. The van der Waals surface area contributed by atoms with Crippen LogP contribution in [0.1, 0.15) is 0 Å². The Bertz CT molecular complexity index is 3200. The predicted molar refractivity (Wildman–Crippen MR) is 229 cm³/mol. The maximum absolute atomic E-state index is 6.51. The van der Waals surface area contributed by atoms with Crippen LogP contribution in [0, 0.1) is 0 Å². The minimum atomic E-state index is 0.618. The summed E-state index contributed by atoms with van der Waals surface area (Å²) in [4.78, 5) is 15.0. The molecule has 262 valence electrons. The number of hydrogen-bond acceptors (Lipinski definition) is 4. The molecule has 11 aromatic rings. The van der Waals surface area contributed by atoms with Gasteiger partial charge in [-0.25, -0.2) is 15.0 Å². The molecule has 0 unspecified atom stereocenters. The molecule has 8 aromatic carbocycles. The fraction of sp³-hybridized carbons (Fsp3) is 0. The molecule has 5 nitrogen and oxygen atoms in total. The van der Waals surface area contributed by atoms with E-state index >= 15 is 0 Å². The number of furan rings is 1. The van der Waals surface area contributed by atoms with Gasteiger partial charge in [-0.2, -0.15) is 0 Å². The molecule has 0 aliphatic rings. The summed E-state index contributed by atoms with van der Waals surface area (Å²) < 4.78 is 8.82. The Morgan fingerprint density at radius 2 is 0.768 bits per heavy atom. The third-order valence-electron chi connectivity index (χ3n) is 10.7. The molecule has 0 spiro atoms. The predicted octanol–water partition coefficient (Wildman–Crippen LogP) is 13.2. The second-order valence-corrected chi connectivity index (χ2v) is 14.0. The summed E-state index contributed by atoms with van der Waals surface area (Å²) in [6.45, 7) is 0. The molecule has 0 N–H and O–H groups in total. The first-order valence-electron chi connectivity index (χ1n) is 18.8. The van der Waals surface area contributed by atoms with Crippen LogP contribution in [0.2, 0.25) is 0 Å². The van der Waals surface area contributed by atoms with E-state index in [2.05, 4.69) is 150 Å². The largest absolute Gasteiger partial charge is 0.455 e. The highest BCUT2D eigenvalue weighted by Gasteiger charge is 2.19. The molecule has 0 radical (unpaired) electrons. The van der Waals surface area contributed by atoms with Gasteiger partial charge in [0.15, 0.2) is 17.5 Å². The van der Waals surface area contributed by atoms with E-state index in [4.69, 9.17) is 19.4 Å². The van der Waals surface area contributed by atoms with Crippen molar-refractivity contribution in [2.75, 3.05) is 0 Å². The number of nitrogens with zero attached hydrogens (tertiary/aromatic N) is 4. The van der Waals surface area contributed by atoms with E-state index < -0.39 is 0 Å². The van der Waals surface area contributed by atoms with Crippen LogP contribution in [0.4, 0.5) is 0 Å². The van der Waals surface area contributed by atoms with Crippen LogP contribution in [-0.4, -0.2) is 19.5 Å². The molecule has 0 aliphatic carbocycles. The molecule has 11 rings (SSSR count).